The Labute approximate surface area is 106 Å². The van der Waals surface area contributed by atoms with Gasteiger partial charge in [-0.05, 0) is 32.0 Å². The number of rotatable bonds is 4. The molecule has 18 heavy (non-hydrogen) atoms. The van der Waals surface area contributed by atoms with Crippen molar-refractivity contribution in [2.75, 3.05) is 24.3 Å². The highest BCUT2D eigenvalue weighted by Gasteiger charge is 2.35. The van der Waals surface area contributed by atoms with Crippen molar-refractivity contribution >= 4 is 23.3 Å². The Morgan fingerprint density at radius 1 is 1.28 bits per heavy atom. The van der Waals surface area contributed by atoms with E-state index in [-0.39, 0.29) is 0 Å². The zero-order valence-electron chi connectivity index (χ0n) is 11.0. The van der Waals surface area contributed by atoms with Gasteiger partial charge in [0.25, 0.3) is 0 Å². The van der Waals surface area contributed by atoms with Crippen LogP contribution in [0.25, 0.3) is 0 Å². The minimum atomic E-state index is -1.45. The van der Waals surface area contributed by atoms with Crippen LogP contribution >= 0.6 is 0 Å². The highest BCUT2D eigenvalue weighted by atomic mass is 16.4. The molecule has 0 aliphatic rings. The van der Waals surface area contributed by atoms with Crippen molar-refractivity contribution in [3.05, 3.63) is 24.3 Å². The monoisotopic (exact) mass is 250 g/mol. The van der Waals surface area contributed by atoms with E-state index in [0.717, 1.165) is 5.69 Å². The van der Waals surface area contributed by atoms with Crippen molar-refractivity contribution in [2.45, 2.75) is 13.8 Å². The molecule has 0 heterocycles. The molecule has 1 aromatic rings. The number of hydrogen-bond acceptors (Lipinski definition) is 3. The Hall–Kier alpha value is -2.04. The van der Waals surface area contributed by atoms with Crippen LogP contribution in [0.15, 0.2) is 24.3 Å². The van der Waals surface area contributed by atoms with Crippen LogP contribution in [0, 0.1) is 5.41 Å². The summed E-state index contributed by atoms with van der Waals surface area (Å²) in [5, 5.41) is 11.6. The Morgan fingerprint density at radius 3 is 2.39 bits per heavy atom. The van der Waals surface area contributed by atoms with Crippen LogP contribution in [-0.4, -0.2) is 31.1 Å². The Bertz CT molecular complexity index is 467. The van der Waals surface area contributed by atoms with Crippen LogP contribution in [0.3, 0.4) is 0 Å². The lowest BCUT2D eigenvalue weighted by Crippen LogP contribution is -2.37. The maximum absolute atomic E-state index is 11.9. The van der Waals surface area contributed by atoms with E-state index in [1.54, 1.807) is 18.2 Å². The fraction of sp³-hybridized carbons (Fsp3) is 0.385. The number of carboxylic acid groups (broad SMARTS) is 1. The Balaban J connectivity index is 2.89. The first kappa shape index (κ1) is 14.0. The largest absolute Gasteiger partial charge is 0.480 e. The third-order valence-electron chi connectivity index (χ3n) is 2.72. The summed E-state index contributed by atoms with van der Waals surface area (Å²) < 4.78 is 0. The predicted octanol–water partition coefficient (Wildman–Crippen LogP) is 1.80. The number of carboxylic acids is 1. The van der Waals surface area contributed by atoms with Crippen LogP contribution in [-0.2, 0) is 9.59 Å². The maximum atomic E-state index is 11.9. The summed E-state index contributed by atoms with van der Waals surface area (Å²) in [7, 11) is 3.78. The van der Waals surface area contributed by atoms with Crippen LogP contribution < -0.4 is 10.2 Å². The quantitative estimate of drug-likeness (QED) is 0.799. The second-order valence-corrected chi connectivity index (χ2v) is 4.83. The lowest BCUT2D eigenvalue weighted by atomic mass is 9.92. The molecule has 0 atom stereocenters. The first-order valence-corrected chi connectivity index (χ1v) is 5.57. The molecule has 0 bridgehead atoms. The second kappa shape index (κ2) is 5.08. The second-order valence-electron chi connectivity index (χ2n) is 4.83. The average Bonchev–Trinajstić information content (AvgIpc) is 2.28. The molecule has 1 rings (SSSR count). The molecule has 0 saturated heterocycles. The first-order chi connectivity index (χ1) is 8.25. The van der Waals surface area contributed by atoms with E-state index in [2.05, 4.69) is 5.32 Å². The van der Waals surface area contributed by atoms with E-state index < -0.39 is 17.3 Å². The van der Waals surface area contributed by atoms with Gasteiger partial charge < -0.3 is 15.3 Å². The van der Waals surface area contributed by atoms with Gasteiger partial charge >= 0.3 is 5.97 Å². The summed E-state index contributed by atoms with van der Waals surface area (Å²) in [6.07, 6.45) is 0. The minimum absolute atomic E-state index is 0.536. The summed E-state index contributed by atoms with van der Waals surface area (Å²) >= 11 is 0. The molecule has 1 amide bonds. The highest BCUT2D eigenvalue weighted by molar-refractivity contribution is 6.07. The number of amides is 1. The first-order valence-electron chi connectivity index (χ1n) is 5.57. The van der Waals surface area contributed by atoms with Crippen LogP contribution in [0.1, 0.15) is 13.8 Å². The van der Waals surface area contributed by atoms with Gasteiger partial charge in [0.15, 0.2) is 0 Å². The van der Waals surface area contributed by atoms with E-state index in [0.29, 0.717) is 5.69 Å². The van der Waals surface area contributed by atoms with Gasteiger partial charge in [0, 0.05) is 25.5 Å². The van der Waals surface area contributed by atoms with Crippen LogP contribution in [0.4, 0.5) is 11.4 Å². The SMILES string of the molecule is CN(C)c1cccc(NC(=O)C(C)(C)C(=O)O)c1. The van der Waals surface area contributed by atoms with Gasteiger partial charge in [-0.1, -0.05) is 6.07 Å². The Kier molecular flexibility index (Phi) is 3.96. The number of aliphatic carboxylic acids is 1. The summed E-state index contributed by atoms with van der Waals surface area (Å²) in [5.41, 5.74) is 0.0650. The number of nitrogens with one attached hydrogen (secondary N) is 1. The number of carbonyl (C=O) groups excluding carboxylic acids is 1. The van der Waals surface area contributed by atoms with Crippen molar-refractivity contribution in [1.82, 2.24) is 0 Å². The van der Waals surface area contributed by atoms with Crippen molar-refractivity contribution in [1.29, 1.82) is 0 Å². The zero-order valence-corrected chi connectivity index (χ0v) is 11.0. The molecule has 5 nitrogen and oxygen atoms in total. The molecule has 0 spiro atoms. The molecule has 5 heteroatoms. The van der Waals surface area contributed by atoms with E-state index in [9.17, 15) is 9.59 Å². The van der Waals surface area contributed by atoms with Gasteiger partial charge in [-0.3, -0.25) is 9.59 Å². The molecule has 2 N–H and O–H groups in total. The molecule has 0 aromatic heterocycles. The molecule has 0 aliphatic heterocycles. The summed E-state index contributed by atoms with van der Waals surface area (Å²) in [6, 6.07) is 7.22. The maximum Gasteiger partial charge on any atom is 0.318 e. The molecular formula is C13H18N2O3. The van der Waals surface area contributed by atoms with Gasteiger partial charge in [-0.15, -0.1) is 0 Å². The third-order valence-corrected chi connectivity index (χ3v) is 2.72. The van der Waals surface area contributed by atoms with Gasteiger partial charge in [-0.2, -0.15) is 0 Å². The number of carbonyl (C=O) groups is 2. The Morgan fingerprint density at radius 2 is 1.89 bits per heavy atom. The molecular weight excluding hydrogens is 232 g/mol. The third kappa shape index (κ3) is 3.00. The van der Waals surface area contributed by atoms with Crippen LogP contribution in [0.2, 0.25) is 0 Å². The highest BCUT2D eigenvalue weighted by Crippen LogP contribution is 2.21. The topological polar surface area (TPSA) is 69.6 Å². The molecule has 1 aromatic carbocycles. The van der Waals surface area contributed by atoms with Crippen molar-refractivity contribution in [3.8, 4) is 0 Å². The molecule has 0 saturated carbocycles. The predicted molar refractivity (Wildman–Crippen MR) is 70.8 cm³/mol. The average molecular weight is 250 g/mol. The van der Waals surface area contributed by atoms with E-state index in [1.165, 1.54) is 13.8 Å². The van der Waals surface area contributed by atoms with Gasteiger partial charge in [0.05, 0.1) is 0 Å². The van der Waals surface area contributed by atoms with Gasteiger partial charge in [-0.25, -0.2) is 0 Å². The fourth-order valence-corrected chi connectivity index (χ4v) is 1.25. The molecule has 0 fully saturated rings. The summed E-state index contributed by atoms with van der Waals surface area (Å²) in [6.45, 7) is 2.75. The minimum Gasteiger partial charge on any atom is -0.480 e. The number of nitrogens with zero attached hydrogens (tertiary/aromatic N) is 1. The summed E-state index contributed by atoms with van der Waals surface area (Å²) in [4.78, 5) is 24.7. The standard InChI is InChI=1S/C13H18N2O3/c1-13(2,12(17)18)11(16)14-9-6-5-7-10(8-9)15(3)4/h5-8H,1-4H3,(H,14,16)(H,17,18). The van der Waals surface area contributed by atoms with Crippen molar-refractivity contribution in [2.24, 2.45) is 5.41 Å². The van der Waals surface area contributed by atoms with E-state index in [1.807, 2.05) is 25.1 Å². The zero-order chi connectivity index (χ0) is 13.9. The lowest BCUT2D eigenvalue weighted by Gasteiger charge is -2.19. The molecule has 0 radical (unpaired) electrons. The molecule has 0 aliphatic carbocycles. The number of benzene rings is 1. The number of hydrogen-bond donors (Lipinski definition) is 2. The van der Waals surface area contributed by atoms with Crippen molar-refractivity contribution in [3.63, 3.8) is 0 Å². The van der Waals surface area contributed by atoms with E-state index >= 15 is 0 Å². The van der Waals surface area contributed by atoms with Crippen molar-refractivity contribution < 1.29 is 14.7 Å². The van der Waals surface area contributed by atoms with Gasteiger partial charge in [0.1, 0.15) is 5.41 Å². The van der Waals surface area contributed by atoms with E-state index in [4.69, 9.17) is 5.11 Å². The number of anilines is 2. The fourth-order valence-electron chi connectivity index (χ4n) is 1.25. The molecule has 0 unspecified atom stereocenters. The van der Waals surface area contributed by atoms with Crippen LogP contribution in [0.5, 0.6) is 0 Å². The lowest BCUT2D eigenvalue weighted by molar-refractivity contribution is -0.151. The normalized spacial score (nSPS) is 10.9. The summed E-state index contributed by atoms with van der Waals surface area (Å²) in [5.74, 6) is -1.69. The smallest absolute Gasteiger partial charge is 0.318 e. The van der Waals surface area contributed by atoms with Gasteiger partial charge in [0.2, 0.25) is 5.91 Å². The molecule has 98 valence electrons.